The maximum Gasteiger partial charge on any atom is 0.343 e. The Hall–Kier alpha value is -2.95. The van der Waals surface area contributed by atoms with Crippen molar-refractivity contribution in [3.8, 4) is 5.75 Å². The Morgan fingerprint density at radius 1 is 0.963 bits per heavy atom. The lowest BCUT2D eigenvalue weighted by molar-refractivity contribution is -0.122. The van der Waals surface area contributed by atoms with Gasteiger partial charge in [-0.1, -0.05) is 37.1 Å². The van der Waals surface area contributed by atoms with E-state index in [-0.39, 0.29) is 23.7 Å². The second-order valence-electron chi connectivity index (χ2n) is 7.21. The molecule has 5 nitrogen and oxygen atoms in total. The molecule has 2 atom stereocenters. The minimum absolute atomic E-state index is 0.132. The van der Waals surface area contributed by atoms with Gasteiger partial charge in [0.2, 0.25) is 11.8 Å². The summed E-state index contributed by atoms with van der Waals surface area (Å²) < 4.78 is 5.48. The molecule has 0 N–H and O–H groups in total. The van der Waals surface area contributed by atoms with Crippen LogP contribution >= 0.6 is 0 Å². The zero-order chi connectivity index (χ0) is 19.0. The number of carbonyl (C=O) groups excluding carboxylic acids is 3. The number of carbonyl (C=O) groups is 3. The third-order valence-corrected chi connectivity index (χ3v) is 5.49. The highest BCUT2D eigenvalue weighted by Crippen LogP contribution is 2.40. The van der Waals surface area contributed by atoms with Gasteiger partial charge in [-0.3, -0.25) is 9.59 Å². The molecule has 0 unspecified atom stereocenters. The van der Waals surface area contributed by atoms with Crippen LogP contribution in [0.3, 0.4) is 0 Å². The smallest absolute Gasteiger partial charge is 0.343 e. The van der Waals surface area contributed by atoms with Crippen molar-refractivity contribution in [1.82, 2.24) is 0 Å². The van der Waals surface area contributed by atoms with Crippen molar-refractivity contribution >= 4 is 23.5 Å². The van der Waals surface area contributed by atoms with Crippen molar-refractivity contribution in [1.29, 1.82) is 0 Å². The molecular weight excluding hydrogens is 342 g/mol. The van der Waals surface area contributed by atoms with E-state index in [1.54, 1.807) is 36.4 Å². The van der Waals surface area contributed by atoms with Gasteiger partial charge in [-0.25, -0.2) is 9.69 Å². The summed E-state index contributed by atoms with van der Waals surface area (Å²) in [7, 11) is 0. The zero-order valence-corrected chi connectivity index (χ0v) is 15.2. The number of hydrogen-bond acceptors (Lipinski definition) is 4. The van der Waals surface area contributed by atoms with Gasteiger partial charge in [-0.15, -0.1) is 0 Å². The average molecular weight is 363 g/mol. The third kappa shape index (κ3) is 3.14. The summed E-state index contributed by atoms with van der Waals surface area (Å²) in [5.74, 6) is -0.817. The highest BCUT2D eigenvalue weighted by atomic mass is 16.5. The summed E-state index contributed by atoms with van der Waals surface area (Å²) in [6.07, 6.45) is 3.52. The molecule has 2 fully saturated rings. The molecule has 2 aromatic carbocycles. The summed E-state index contributed by atoms with van der Waals surface area (Å²) in [5, 5.41) is 0. The van der Waals surface area contributed by atoms with Gasteiger partial charge in [0.1, 0.15) is 5.75 Å². The first-order valence-electron chi connectivity index (χ1n) is 9.32. The molecule has 138 valence electrons. The van der Waals surface area contributed by atoms with Crippen molar-refractivity contribution < 1.29 is 19.1 Å². The molecule has 0 radical (unpaired) electrons. The molecule has 2 aromatic rings. The lowest BCUT2D eigenvalue weighted by Gasteiger charge is -2.19. The van der Waals surface area contributed by atoms with Crippen molar-refractivity contribution in [2.45, 2.75) is 32.6 Å². The summed E-state index contributed by atoms with van der Waals surface area (Å²) in [4.78, 5) is 39.2. The van der Waals surface area contributed by atoms with Gasteiger partial charge in [-0.2, -0.15) is 0 Å². The van der Waals surface area contributed by atoms with Crippen molar-refractivity contribution in [3.05, 3.63) is 59.7 Å². The molecule has 1 saturated carbocycles. The van der Waals surface area contributed by atoms with E-state index in [2.05, 4.69) is 0 Å². The fraction of sp³-hybridized carbons (Fsp3) is 0.318. The Labute approximate surface area is 157 Å². The lowest BCUT2D eigenvalue weighted by atomic mass is 9.81. The van der Waals surface area contributed by atoms with Gasteiger partial charge in [-0.05, 0) is 43.5 Å². The molecule has 0 spiro atoms. The van der Waals surface area contributed by atoms with Gasteiger partial charge in [0, 0.05) is 6.07 Å². The van der Waals surface area contributed by atoms with Crippen molar-refractivity contribution in [2.24, 2.45) is 11.8 Å². The SMILES string of the molecule is Cc1ccccc1C(=O)Oc1cccc(N2C(=O)[C@H]3CCCC[C@@H]3C2=O)c1. The van der Waals surface area contributed by atoms with Crippen LogP contribution in [0.25, 0.3) is 0 Å². The standard InChI is InChI=1S/C22H21NO4/c1-14-7-2-3-10-17(14)22(26)27-16-9-6-8-15(13-16)23-20(24)18-11-4-5-12-19(18)21(23)25/h2-3,6-10,13,18-19H,4-5,11-12H2,1H3/t18-,19-/m0/s1. The van der Waals surface area contributed by atoms with Gasteiger partial charge in [0.15, 0.2) is 0 Å². The number of ether oxygens (including phenoxy) is 1. The first kappa shape index (κ1) is 17.5. The van der Waals surface area contributed by atoms with Crippen LogP contribution < -0.4 is 9.64 Å². The lowest BCUT2D eigenvalue weighted by Crippen LogP contribution is -2.30. The first-order valence-corrected chi connectivity index (χ1v) is 9.32. The maximum atomic E-state index is 12.7. The van der Waals surface area contributed by atoms with Crippen LogP contribution in [0.1, 0.15) is 41.6 Å². The molecule has 0 bridgehead atoms. The predicted octanol–water partition coefficient (Wildman–Crippen LogP) is 3.89. The van der Waals surface area contributed by atoms with Crippen LogP contribution in [0.5, 0.6) is 5.75 Å². The Morgan fingerprint density at radius 3 is 2.30 bits per heavy atom. The number of fused-ring (bicyclic) bond motifs is 1. The van der Waals surface area contributed by atoms with E-state index < -0.39 is 5.97 Å². The minimum atomic E-state index is -0.460. The van der Waals surface area contributed by atoms with Crippen LogP contribution in [-0.4, -0.2) is 17.8 Å². The van der Waals surface area contributed by atoms with Crippen LogP contribution in [0, 0.1) is 18.8 Å². The predicted molar refractivity (Wildman–Crippen MR) is 101 cm³/mol. The van der Waals surface area contributed by atoms with Crippen LogP contribution in [0.15, 0.2) is 48.5 Å². The summed E-state index contributed by atoms with van der Waals surface area (Å²) in [5.41, 5.74) is 1.78. The first-order chi connectivity index (χ1) is 13.1. The molecule has 1 saturated heterocycles. The number of esters is 1. The second kappa shape index (κ2) is 6.99. The largest absolute Gasteiger partial charge is 0.423 e. The Balaban J connectivity index is 1.58. The Bertz CT molecular complexity index is 896. The van der Waals surface area contributed by atoms with Crippen LogP contribution in [-0.2, 0) is 9.59 Å². The molecule has 2 aliphatic rings. The maximum absolute atomic E-state index is 12.7. The molecule has 2 amide bonds. The quantitative estimate of drug-likeness (QED) is 0.471. The summed E-state index contributed by atoms with van der Waals surface area (Å²) in [6.45, 7) is 1.84. The Morgan fingerprint density at radius 2 is 1.63 bits per heavy atom. The van der Waals surface area contributed by atoms with E-state index in [0.29, 0.717) is 17.0 Å². The van der Waals surface area contributed by atoms with Crippen LogP contribution in [0.2, 0.25) is 0 Å². The van der Waals surface area contributed by atoms with E-state index in [9.17, 15) is 14.4 Å². The van der Waals surface area contributed by atoms with Crippen molar-refractivity contribution in [3.63, 3.8) is 0 Å². The van der Waals surface area contributed by atoms with Gasteiger partial charge < -0.3 is 4.74 Å². The van der Waals surface area contributed by atoms with E-state index in [1.165, 1.54) is 4.90 Å². The fourth-order valence-electron chi connectivity index (χ4n) is 4.07. The topological polar surface area (TPSA) is 63.7 Å². The van der Waals surface area contributed by atoms with E-state index in [0.717, 1.165) is 31.2 Å². The Kier molecular flexibility index (Phi) is 4.52. The molecule has 1 aliphatic carbocycles. The van der Waals surface area contributed by atoms with Gasteiger partial charge in [0.05, 0.1) is 23.1 Å². The molecular formula is C22H21NO4. The summed E-state index contributed by atoms with van der Waals surface area (Å²) >= 11 is 0. The van der Waals surface area contributed by atoms with Gasteiger partial charge >= 0.3 is 5.97 Å². The minimum Gasteiger partial charge on any atom is -0.423 e. The third-order valence-electron chi connectivity index (χ3n) is 5.49. The molecule has 1 heterocycles. The number of imide groups is 1. The van der Waals surface area contributed by atoms with Gasteiger partial charge in [0.25, 0.3) is 0 Å². The van der Waals surface area contributed by atoms with E-state index in [1.807, 2.05) is 19.1 Å². The van der Waals surface area contributed by atoms with Crippen LogP contribution in [0.4, 0.5) is 5.69 Å². The molecule has 4 rings (SSSR count). The zero-order valence-electron chi connectivity index (χ0n) is 15.2. The number of aryl methyl sites for hydroxylation is 1. The average Bonchev–Trinajstić information content (AvgIpc) is 2.93. The number of anilines is 1. The molecule has 0 aromatic heterocycles. The molecule has 5 heteroatoms. The number of nitrogens with zero attached hydrogens (tertiary/aromatic N) is 1. The number of hydrogen-bond donors (Lipinski definition) is 0. The van der Waals surface area contributed by atoms with Crippen molar-refractivity contribution in [2.75, 3.05) is 4.90 Å². The highest BCUT2D eigenvalue weighted by molar-refractivity contribution is 6.22. The normalized spacial score (nSPS) is 21.9. The monoisotopic (exact) mass is 363 g/mol. The van der Waals surface area contributed by atoms with E-state index in [4.69, 9.17) is 4.74 Å². The highest BCUT2D eigenvalue weighted by Gasteiger charge is 2.48. The molecule has 27 heavy (non-hydrogen) atoms. The fourth-order valence-corrected chi connectivity index (χ4v) is 4.07. The second-order valence-corrected chi connectivity index (χ2v) is 7.21. The number of amides is 2. The number of rotatable bonds is 3. The van der Waals surface area contributed by atoms with E-state index >= 15 is 0 Å². The molecule has 1 aliphatic heterocycles. The number of benzene rings is 2. The summed E-state index contributed by atoms with van der Waals surface area (Å²) in [6, 6.07) is 13.8.